The largest absolute Gasteiger partial charge is 0.417 e. The zero-order chi connectivity index (χ0) is 33.2. The van der Waals surface area contributed by atoms with Gasteiger partial charge in [-0.15, -0.1) is 11.8 Å². The molecule has 7 rings (SSSR count). The van der Waals surface area contributed by atoms with Crippen molar-refractivity contribution in [2.75, 3.05) is 23.7 Å². The maximum Gasteiger partial charge on any atom is 0.417 e. The van der Waals surface area contributed by atoms with Crippen LogP contribution in [-0.2, 0) is 17.5 Å². The second-order valence-electron chi connectivity index (χ2n) is 11.9. The highest BCUT2D eigenvalue weighted by molar-refractivity contribution is 7.99. The number of aromatic nitrogens is 5. The minimum absolute atomic E-state index is 0.122. The number of carbonyl (C=O) groups excluding carboxylic acids is 1. The molecule has 3 atom stereocenters. The molecule has 0 N–H and O–H groups in total. The molecule has 0 saturated carbocycles. The van der Waals surface area contributed by atoms with E-state index in [2.05, 4.69) is 21.5 Å². The number of benzene rings is 2. The molecule has 0 bridgehead atoms. The number of carbonyl (C=O) groups is 1. The second kappa shape index (κ2) is 11.5. The molecular formula is C33H29F4N7O2S. The number of rotatable bonds is 4. The molecular weight excluding hydrogens is 634 g/mol. The summed E-state index contributed by atoms with van der Waals surface area (Å²) in [5.74, 6) is -0.393. The predicted molar refractivity (Wildman–Crippen MR) is 172 cm³/mol. The summed E-state index contributed by atoms with van der Waals surface area (Å²) in [7, 11) is 0. The minimum atomic E-state index is -4.79. The van der Waals surface area contributed by atoms with Gasteiger partial charge in [0.25, 0.3) is 0 Å². The van der Waals surface area contributed by atoms with E-state index in [1.54, 1.807) is 16.0 Å². The number of hydrogen-bond acceptors (Lipinski definition) is 7. The van der Waals surface area contributed by atoms with E-state index in [-0.39, 0.29) is 70.9 Å². The molecule has 242 valence electrons. The third-order valence-corrected chi connectivity index (χ3v) is 10.1. The smallest absolute Gasteiger partial charge is 0.352 e. The van der Waals surface area contributed by atoms with Crippen LogP contribution in [0.3, 0.4) is 0 Å². The average Bonchev–Trinajstić information content (AvgIpc) is 3.36. The van der Waals surface area contributed by atoms with Crippen molar-refractivity contribution < 1.29 is 22.4 Å². The van der Waals surface area contributed by atoms with Gasteiger partial charge >= 0.3 is 11.9 Å². The van der Waals surface area contributed by atoms with E-state index in [0.717, 1.165) is 23.6 Å². The van der Waals surface area contributed by atoms with Gasteiger partial charge in [-0.1, -0.05) is 18.7 Å². The van der Waals surface area contributed by atoms with Gasteiger partial charge < -0.3 is 14.4 Å². The van der Waals surface area contributed by atoms with Crippen molar-refractivity contribution in [1.29, 1.82) is 0 Å². The highest BCUT2D eigenvalue weighted by atomic mass is 32.2. The predicted octanol–water partition coefficient (Wildman–Crippen LogP) is 5.92. The first kappa shape index (κ1) is 30.9. The molecule has 9 nitrogen and oxygen atoms in total. The second-order valence-corrected chi connectivity index (χ2v) is 12.9. The monoisotopic (exact) mass is 663 g/mol. The summed E-state index contributed by atoms with van der Waals surface area (Å²) in [6.07, 6.45) is 1.37. The van der Waals surface area contributed by atoms with Crippen LogP contribution in [0.25, 0.3) is 33.1 Å². The Kier molecular flexibility index (Phi) is 7.57. The van der Waals surface area contributed by atoms with Gasteiger partial charge in [0.05, 0.1) is 17.1 Å². The van der Waals surface area contributed by atoms with Crippen LogP contribution < -0.4 is 10.6 Å². The Balaban J connectivity index is 1.48. The van der Waals surface area contributed by atoms with E-state index in [1.807, 2.05) is 30.7 Å². The van der Waals surface area contributed by atoms with E-state index in [9.17, 15) is 14.0 Å². The van der Waals surface area contributed by atoms with Crippen LogP contribution in [0.1, 0.15) is 25.5 Å². The van der Waals surface area contributed by atoms with Gasteiger partial charge in [0, 0.05) is 71.1 Å². The maximum absolute atomic E-state index is 15.1. The van der Waals surface area contributed by atoms with Crippen molar-refractivity contribution in [2.24, 2.45) is 0 Å². The highest BCUT2D eigenvalue weighted by Crippen LogP contribution is 2.49. The number of amides is 1. The summed E-state index contributed by atoms with van der Waals surface area (Å²) < 4.78 is 62.5. The molecule has 14 heteroatoms. The molecule has 1 fully saturated rings. The first-order valence-electron chi connectivity index (χ1n) is 15.0. The fourth-order valence-corrected chi connectivity index (χ4v) is 8.26. The molecule has 0 unspecified atom stereocenters. The van der Waals surface area contributed by atoms with Crippen LogP contribution in [-0.4, -0.2) is 65.8 Å². The van der Waals surface area contributed by atoms with Gasteiger partial charge in [-0.3, -0.25) is 9.36 Å². The van der Waals surface area contributed by atoms with Crippen molar-refractivity contribution in [2.45, 2.75) is 49.6 Å². The molecule has 2 aromatic carbocycles. The van der Waals surface area contributed by atoms with E-state index in [0.29, 0.717) is 16.9 Å². The SMILES string of the molecule is C=CC(=O)N1[C@H](C)CN(c2nc(=O)n3c4c(c(-c5ccc(F)cc5)c(C(F)(F)F)cc24)SC[C@@H](n2ccc4cncnc42)C3)C[C@@H]1C. The first-order chi connectivity index (χ1) is 22.5. The third-order valence-electron chi connectivity index (χ3n) is 8.87. The molecule has 5 heterocycles. The Bertz CT molecular complexity index is 2100. The number of alkyl halides is 3. The Morgan fingerprint density at radius 1 is 1.09 bits per heavy atom. The van der Waals surface area contributed by atoms with Crippen molar-refractivity contribution in [1.82, 2.24) is 29.0 Å². The van der Waals surface area contributed by atoms with Gasteiger partial charge in [-0.2, -0.15) is 18.2 Å². The standard InChI is InChI=1S/C33H29F4N7O2S/c1-4-26(45)44-18(2)13-41(14-19(44)3)31-24-11-25(33(35,36)37)27(20-5-7-22(34)8-6-20)29-28(24)43(32(46)40-31)15-23(16-47-29)42-10-9-21-12-38-17-39-30(21)42/h4-12,17-19,23H,1,13-16H2,2-3H3/t18-,19+,23-/m0/s1. The maximum atomic E-state index is 15.1. The summed E-state index contributed by atoms with van der Waals surface area (Å²) in [6.45, 7) is 7.89. The van der Waals surface area contributed by atoms with Gasteiger partial charge in [-0.25, -0.2) is 19.2 Å². The topological polar surface area (TPSA) is 89.2 Å². The number of thioether (sulfide) groups is 1. The zero-order valence-corrected chi connectivity index (χ0v) is 26.2. The summed E-state index contributed by atoms with van der Waals surface area (Å²) >= 11 is 1.22. The van der Waals surface area contributed by atoms with Crippen LogP contribution in [0.4, 0.5) is 23.4 Å². The molecule has 47 heavy (non-hydrogen) atoms. The molecule has 2 aliphatic heterocycles. The van der Waals surface area contributed by atoms with Crippen LogP contribution in [0.2, 0.25) is 0 Å². The Morgan fingerprint density at radius 3 is 2.49 bits per heavy atom. The van der Waals surface area contributed by atoms with Gasteiger partial charge in [0.1, 0.15) is 23.6 Å². The van der Waals surface area contributed by atoms with Crippen molar-refractivity contribution in [3.8, 4) is 11.1 Å². The molecule has 3 aromatic heterocycles. The number of fused-ring (bicyclic) bond motifs is 1. The van der Waals surface area contributed by atoms with E-state index in [1.165, 1.54) is 40.9 Å². The van der Waals surface area contributed by atoms with E-state index >= 15 is 13.2 Å². The fourth-order valence-electron chi connectivity index (χ4n) is 6.91. The summed E-state index contributed by atoms with van der Waals surface area (Å²) in [6, 6.07) is 6.77. The summed E-state index contributed by atoms with van der Waals surface area (Å²) in [5.41, 5.74) is -0.500. The van der Waals surface area contributed by atoms with Crippen LogP contribution in [0, 0.1) is 5.82 Å². The van der Waals surface area contributed by atoms with Crippen molar-refractivity contribution in [3.05, 3.63) is 89.6 Å². The summed E-state index contributed by atoms with van der Waals surface area (Å²) in [4.78, 5) is 43.3. The highest BCUT2D eigenvalue weighted by Gasteiger charge is 2.40. The van der Waals surface area contributed by atoms with Gasteiger partial charge in [-0.05, 0) is 49.8 Å². The number of halogens is 4. The van der Waals surface area contributed by atoms with Crippen LogP contribution in [0.15, 0.2) is 77.5 Å². The van der Waals surface area contributed by atoms with Gasteiger partial charge in [0.15, 0.2) is 0 Å². The van der Waals surface area contributed by atoms with Crippen LogP contribution in [0.5, 0.6) is 0 Å². The van der Waals surface area contributed by atoms with Crippen LogP contribution >= 0.6 is 11.8 Å². The van der Waals surface area contributed by atoms with E-state index in [4.69, 9.17) is 0 Å². The lowest BCUT2D eigenvalue weighted by molar-refractivity contribution is -0.137. The quantitative estimate of drug-likeness (QED) is 0.174. The lowest BCUT2D eigenvalue weighted by atomic mass is 9.96. The number of anilines is 1. The number of piperazine rings is 1. The zero-order valence-electron chi connectivity index (χ0n) is 25.4. The van der Waals surface area contributed by atoms with Gasteiger partial charge in [0.2, 0.25) is 5.91 Å². The number of hydrogen-bond donors (Lipinski definition) is 0. The molecule has 0 radical (unpaired) electrons. The summed E-state index contributed by atoms with van der Waals surface area (Å²) in [5, 5.41) is 0.961. The third kappa shape index (κ3) is 5.24. The molecule has 2 aliphatic rings. The lowest BCUT2D eigenvalue weighted by Crippen LogP contribution is -2.58. The van der Waals surface area contributed by atoms with Crippen molar-refractivity contribution in [3.63, 3.8) is 0 Å². The Hall–Kier alpha value is -4.72. The molecule has 0 spiro atoms. The van der Waals surface area contributed by atoms with E-state index < -0.39 is 23.2 Å². The lowest BCUT2D eigenvalue weighted by Gasteiger charge is -2.44. The molecule has 1 saturated heterocycles. The minimum Gasteiger partial charge on any atom is -0.352 e. The normalized spacial score (nSPS) is 20.1. The average molecular weight is 664 g/mol. The fraction of sp³-hybridized carbons (Fsp3) is 0.303. The van der Waals surface area contributed by atoms with Crippen molar-refractivity contribution >= 4 is 45.4 Å². The Morgan fingerprint density at radius 2 is 1.81 bits per heavy atom. The molecule has 1 amide bonds. The molecule has 5 aromatic rings. The Labute approximate surface area is 270 Å². The number of nitrogens with zero attached hydrogens (tertiary/aromatic N) is 7. The first-order valence-corrected chi connectivity index (χ1v) is 16.0. The molecule has 0 aliphatic carbocycles.